The lowest BCUT2D eigenvalue weighted by Crippen LogP contribution is -2.62. The second-order valence-electron chi connectivity index (χ2n) is 29.1. The number of carbonyl (C=O) groups excluding carboxylic acids is 13. The number of carbonyl (C=O) groups is 13. The standard InChI is InChI=1S/C70H110N14O17/c1-14-39(6)54-66(99)82-55(40(7)86)65(98)75-34-52(89)76-47(31-51(71)88)63(96)80-49(35-85)64(97)83-56(42-24-19-16-20-25-42)44(30-50(87)48(33-70(11,12)13)79-59(92)43(32-69(8,9)10)29-53(90)101-36-41-22-17-15-18-23-41)60(93)84-57(58(91)38(4)5)67(100)78-46(28-37(2)3)62(95)77-45(61(94)81-54)26-21-27-74-68(72)73/h15-20,22-25,37-40,43-49,54-58,85-86,91H,14,21,26-36H2,1-13H3,(H2,71,88)(H,75,98)(H,76,89)(H,77,95)(H,78,100)(H,79,92)(H,80,96)(H,81,94)(H,82,99)(H,83,97)(H,84,93)(H4,72,73,74)/t39-,40-,43+,44-,45+,46-,47-,48+,49-,54-,55-,56+,57-,58+/m0/s1. The molecule has 3 rings (SSSR count). The molecule has 0 aliphatic carbocycles. The van der Waals surface area contributed by atoms with Crippen LogP contribution in [0.5, 0.6) is 0 Å². The maximum Gasteiger partial charge on any atom is 0.306 e. The van der Waals surface area contributed by atoms with Crippen molar-refractivity contribution in [3.8, 4) is 0 Å². The second kappa shape index (κ2) is 41.0. The Morgan fingerprint density at radius 1 is 0.624 bits per heavy atom. The highest BCUT2D eigenvalue weighted by atomic mass is 16.5. The molecular weight excluding hydrogens is 1310 g/mol. The summed E-state index contributed by atoms with van der Waals surface area (Å²) in [5, 5.41) is 59.0. The molecule has 2 aromatic rings. The molecular formula is C70H110N14O17. The van der Waals surface area contributed by atoms with Crippen LogP contribution in [-0.2, 0) is 73.7 Å². The molecule has 0 bridgehead atoms. The molecule has 562 valence electrons. The Kier molecular flexibility index (Phi) is 34.9. The normalized spacial score (nSPS) is 23.1. The van der Waals surface area contributed by atoms with Gasteiger partial charge >= 0.3 is 5.97 Å². The first-order chi connectivity index (χ1) is 47.1. The second-order valence-corrected chi connectivity index (χ2v) is 29.1. The maximum absolute atomic E-state index is 15.8. The van der Waals surface area contributed by atoms with Gasteiger partial charge in [0.15, 0.2) is 11.7 Å². The number of aliphatic hydroxyl groups is 3. The van der Waals surface area contributed by atoms with Gasteiger partial charge in [-0.3, -0.25) is 67.3 Å². The number of aliphatic hydroxyl groups excluding tert-OH is 3. The lowest BCUT2D eigenvalue weighted by Gasteiger charge is -2.34. The summed E-state index contributed by atoms with van der Waals surface area (Å²) in [6.45, 7) is 19.6. The number of nitrogens with two attached hydrogens (primary N) is 3. The maximum atomic E-state index is 15.8. The third-order valence-corrected chi connectivity index (χ3v) is 16.7. The molecule has 2 aromatic carbocycles. The quantitative estimate of drug-likeness (QED) is 0.0243. The summed E-state index contributed by atoms with van der Waals surface area (Å²) in [5.74, 6) is -18.5. The number of amides is 11. The van der Waals surface area contributed by atoms with E-state index in [0.717, 1.165) is 6.92 Å². The number of nitrogens with one attached hydrogen (secondary N) is 10. The zero-order valence-corrected chi connectivity index (χ0v) is 60.4. The van der Waals surface area contributed by atoms with Crippen LogP contribution in [0.25, 0.3) is 0 Å². The van der Waals surface area contributed by atoms with Gasteiger partial charge < -0.3 is 90.4 Å². The Bertz CT molecular complexity index is 3170. The van der Waals surface area contributed by atoms with Crippen LogP contribution in [0.1, 0.15) is 165 Å². The molecule has 1 saturated heterocycles. The van der Waals surface area contributed by atoms with E-state index >= 15 is 14.4 Å². The number of guanidine groups is 1. The van der Waals surface area contributed by atoms with E-state index < -0.39 is 210 Å². The first kappa shape index (κ1) is 86.1. The number of esters is 1. The molecule has 0 saturated carbocycles. The van der Waals surface area contributed by atoms with Crippen LogP contribution in [0, 0.1) is 40.4 Å². The van der Waals surface area contributed by atoms with Crippen molar-refractivity contribution >= 4 is 82.7 Å². The number of rotatable bonds is 26. The van der Waals surface area contributed by atoms with Gasteiger partial charge in [-0.2, -0.15) is 0 Å². The van der Waals surface area contributed by atoms with E-state index in [1.807, 2.05) is 20.8 Å². The van der Waals surface area contributed by atoms with Crippen LogP contribution in [0.15, 0.2) is 65.7 Å². The molecule has 14 atom stereocenters. The highest BCUT2D eigenvalue weighted by Crippen LogP contribution is 2.32. The van der Waals surface area contributed by atoms with Gasteiger partial charge in [-0.05, 0) is 78.7 Å². The zero-order chi connectivity index (χ0) is 76.2. The van der Waals surface area contributed by atoms with Crippen LogP contribution >= 0.6 is 0 Å². The summed E-state index contributed by atoms with van der Waals surface area (Å²) < 4.78 is 5.59. The molecule has 0 aromatic heterocycles. The number of primary amides is 1. The summed E-state index contributed by atoms with van der Waals surface area (Å²) in [6.07, 6.45) is -5.58. The number of hydrogen-bond acceptors (Lipinski definition) is 18. The van der Waals surface area contributed by atoms with Gasteiger partial charge in [0.2, 0.25) is 65.0 Å². The first-order valence-corrected chi connectivity index (χ1v) is 34.2. The fourth-order valence-corrected chi connectivity index (χ4v) is 11.2. The highest BCUT2D eigenvalue weighted by molar-refractivity contribution is 6.00. The molecule has 1 heterocycles. The summed E-state index contributed by atoms with van der Waals surface area (Å²) in [6, 6.07) is 1.08. The fraction of sp³-hybridized carbons (Fsp3) is 0.629. The molecule has 1 fully saturated rings. The van der Waals surface area contributed by atoms with Crippen molar-refractivity contribution in [2.75, 3.05) is 19.7 Å². The number of ether oxygens (including phenoxy) is 1. The molecule has 101 heavy (non-hydrogen) atoms. The third kappa shape index (κ3) is 30.3. The van der Waals surface area contributed by atoms with E-state index in [2.05, 4.69) is 58.2 Å². The summed E-state index contributed by atoms with van der Waals surface area (Å²) in [5.41, 5.74) is 16.2. The van der Waals surface area contributed by atoms with E-state index in [0.29, 0.717) is 5.56 Å². The van der Waals surface area contributed by atoms with Crippen molar-refractivity contribution < 1.29 is 82.4 Å². The number of nitrogens with zero attached hydrogens (tertiary/aromatic N) is 1. The predicted octanol–water partition coefficient (Wildman–Crippen LogP) is -0.539. The lowest BCUT2D eigenvalue weighted by atomic mass is 9.80. The van der Waals surface area contributed by atoms with Crippen LogP contribution in [-0.4, -0.2) is 178 Å². The van der Waals surface area contributed by atoms with Crippen LogP contribution in [0.4, 0.5) is 0 Å². The molecule has 31 nitrogen and oxygen atoms in total. The van der Waals surface area contributed by atoms with Gasteiger partial charge in [0, 0.05) is 18.9 Å². The number of Topliss-reactive ketones (excluding diaryl/α,β-unsaturated/α-hetero) is 1. The van der Waals surface area contributed by atoms with E-state index in [1.54, 1.807) is 84.9 Å². The van der Waals surface area contributed by atoms with Gasteiger partial charge in [0.1, 0.15) is 48.9 Å². The Labute approximate surface area is 591 Å². The predicted molar refractivity (Wildman–Crippen MR) is 374 cm³/mol. The van der Waals surface area contributed by atoms with Crippen LogP contribution in [0.2, 0.25) is 0 Å². The Balaban J connectivity index is 2.42. The Morgan fingerprint density at radius 3 is 1.70 bits per heavy atom. The number of hydrogen-bond donors (Lipinski definition) is 16. The molecule has 1 aliphatic heterocycles. The molecule has 0 radical (unpaired) electrons. The van der Waals surface area contributed by atoms with Crippen molar-refractivity contribution in [2.45, 2.75) is 221 Å². The van der Waals surface area contributed by atoms with Gasteiger partial charge in [0.05, 0.1) is 56.2 Å². The largest absolute Gasteiger partial charge is 0.461 e. The molecule has 31 heteroatoms. The topological polar surface area (TPSA) is 503 Å². The van der Waals surface area contributed by atoms with Gasteiger partial charge in [0.25, 0.3) is 0 Å². The molecule has 19 N–H and O–H groups in total. The van der Waals surface area contributed by atoms with Crippen molar-refractivity contribution in [1.29, 1.82) is 0 Å². The Hall–Kier alpha value is -9.10. The van der Waals surface area contributed by atoms with Gasteiger partial charge in [-0.15, -0.1) is 0 Å². The average molecular weight is 1420 g/mol. The Morgan fingerprint density at radius 2 is 1.16 bits per heavy atom. The summed E-state index contributed by atoms with van der Waals surface area (Å²) in [4.78, 5) is 191. The minimum absolute atomic E-state index is 0.0405. The van der Waals surface area contributed by atoms with Crippen molar-refractivity contribution in [2.24, 2.45) is 62.6 Å². The van der Waals surface area contributed by atoms with Crippen LogP contribution < -0.4 is 70.4 Å². The number of ketones is 1. The SMILES string of the molecule is CC[C@H](C)[C@@H]1NC(=O)[C@@H](CCCN=C(N)N)NC(=O)[C@H](CC(C)C)NC(=O)[C@H]([C@H](O)C(C)C)NC(=O)[C@@H](CC(=O)[C@@H](CC(C)(C)C)NC(=O)[C@H](CC(=O)OCc2ccccc2)CC(C)(C)C)[C@@H](c2ccccc2)NC(=O)[C@H](CO)NC(=O)[C@H](CC(N)=O)NC(=O)CNC(=O)[C@H]([C@H](C)O)NC1=O. The van der Waals surface area contributed by atoms with Crippen molar-refractivity contribution in [1.82, 2.24) is 53.2 Å². The zero-order valence-electron chi connectivity index (χ0n) is 60.4. The highest BCUT2D eigenvalue weighted by Gasteiger charge is 2.43. The molecule has 1 aliphatic rings. The summed E-state index contributed by atoms with van der Waals surface area (Å²) in [7, 11) is 0. The number of benzene rings is 2. The molecule has 0 unspecified atom stereocenters. The van der Waals surface area contributed by atoms with E-state index in [1.165, 1.54) is 38.1 Å². The van der Waals surface area contributed by atoms with Crippen molar-refractivity contribution in [3.05, 3.63) is 71.8 Å². The number of aliphatic imine (C=N–C) groups is 1. The lowest BCUT2D eigenvalue weighted by molar-refractivity contribution is -0.149. The molecule has 11 amide bonds. The van der Waals surface area contributed by atoms with Gasteiger partial charge in [-0.25, -0.2) is 0 Å². The fourth-order valence-electron chi connectivity index (χ4n) is 11.2. The minimum atomic E-state index is -2.00. The minimum Gasteiger partial charge on any atom is -0.461 e. The van der Waals surface area contributed by atoms with E-state index in [4.69, 9.17) is 21.9 Å². The first-order valence-electron chi connectivity index (χ1n) is 34.2. The van der Waals surface area contributed by atoms with Crippen LogP contribution in [0.3, 0.4) is 0 Å². The van der Waals surface area contributed by atoms with Gasteiger partial charge in [-0.1, -0.05) is 150 Å². The average Bonchev–Trinajstić information content (AvgIpc) is 0.820. The third-order valence-electron chi connectivity index (χ3n) is 16.7. The smallest absolute Gasteiger partial charge is 0.306 e. The monoisotopic (exact) mass is 1420 g/mol. The molecule has 0 spiro atoms. The van der Waals surface area contributed by atoms with E-state index in [-0.39, 0.29) is 69.1 Å². The van der Waals surface area contributed by atoms with Crippen molar-refractivity contribution in [3.63, 3.8) is 0 Å². The summed E-state index contributed by atoms with van der Waals surface area (Å²) >= 11 is 0. The van der Waals surface area contributed by atoms with E-state index in [9.17, 15) is 63.3 Å².